The maximum Gasteiger partial charge on any atom is 0.280 e. The summed E-state index contributed by atoms with van der Waals surface area (Å²) in [5, 5.41) is 0.900. The van der Waals surface area contributed by atoms with E-state index >= 15 is 0 Å². The normalized spacial score (nSPS) is 10.7. The summed E-state index contributed by atoms with van der Waals surface area (Å²) >= 11 is 1.31. The number of aromatic nitrogens is 2. The fraction of sp³-hybridized carbons (Fsp3) is 0.300. The number of amides is 2. The average molecular weight is 398 g/mol. The Hall–Kier alpha value is -3.00. The fourth-order valence-electron chi connectivity index (χ4n) is 2.93. The summed E-state index contributed by atoms with van der Waals surface area (Å²) in [6.07, 6.45) is 0.886. The fourth-order valence-corrected chi connectivity index (χ4v) is 4.07. The van der Waals surface area contributed by atoms with Gasteiger partial charge in [-0.15, -0.1) is 11.3 Å². The molecule has 3 rings (SSSR count). The van der Waals surface area contributed by atoms with E-state index in [9.17, 15) is 9.59 Å². The lowest BCUT2D eigenvalue weighted by Gasteiger charge is -2.07. The molecule has 2 amide bonds. The molecule has 0 fully saturated rings. The zero-order chi connectivity index (χ0) is 20.3. The Balaban J connectivity index is 1.68. The van der Waals surface area contributed by atoms with Crippen LogP contribution >= 0.6 is 11.3 Å². The molecule has 0 bridgehead atoms. The van der Waals surface area contributed by atoms with Gasteiger partial charge in [-0.2, -0.15) is 0 Å². The van der Waals surface area contributed by atoms with Crippen LogP contribution in [-0.2, 0) is 17.6 Å². The van der Waals surface area contributed by atoms with E-state index in [1.165, 1.54) is 11.3 Å². The molecule has 7 nitrogen and oxygen atoms in total. The number of rotatable bonds is 5. The molecule has 146 valence electrons. The van der Waals surface area contributed by atoms with Crippen molar-refractivity contribution in [3.63, 3.8) is 0 Å². The van der Waals surface area contributed by atoms with E-state index in [4.69, 9.17) is 4.74 Å². The molecular weight excluding hydrogens is 376 g/mol. The van der Waals surface area contributed by atoms with Gasteiger partial charge in [-0.05, 0) is 37.1 Å². The third-order valence-corrected chi connectivity index (χ3v) is 5.56. The second kappa shape index (κ2) is 8.35. The summed E-state index contributed by atoms with van der Waals surface area (Å²) in [7, 11) is 1.59. The molecule has 2 heterocycles. The van der Waals surface area contributed by atoms with Crippen LogP contribution in [0.1, 0.15) is 39.2 Å². The van der Waals surface area contributed by atoms with Crippen molar-refractivity contribution in [1.82, 2.24) is 20.8 Å². The number of ether oxygens (including phenoxy) is 1. The van der Waals surface area contributed by atoms with E-state index in [-0.39, 0.29) is 18.2 Å². The summed E-state index contributed by atoms with van der Waals surface area (Å²) < 4.78 is 5.10. The minimum atomic E-state index is -0.360. The second-order valence-electron chi connectivity index (χ2n) is 6.34. The van der Waals surface area contributed by atoms with Crippen LogP contribution in [0.25, 0.3) is 10.2 Å². The lowest BCUT2D eigenvalue weighted by atomic mass is 10.1. The van der Waals surface area contributed by atoms with Gasteiger partial charge in [0.05, 0.1) is 18.4 Å². The Morgan fingerprint density at radius 1 is 1.11 bits per heavy atom. The summed E-state index contributed by atoms with van der Waals surface area (Å²) in [5.74, 6) is 0.816. The van der Waals surface area contributed by atoms with Gasteiger partial charge in [0.2, 0.25) is 5.91 Å². The van der Waals surface area contributed by atoms with Crippen LogP contribution in [0.3, 0.4) is 0 Å². The van der Waals surface area contributed by atoms with Gasteiger partial charge >= 0.3 is 0 Å². The number of benzene rings is 1. The molecule has 3 aromatic rings. The van der Waals surface area contributed by atoms with Gasteiger partial charge in [0.15, 0.2) is 0 Å². The van der Waals surface area contributed by atoms with Gasteiger partial charge in [-0.25, -0.2) is 9.97 Å². The van der Waals surface area contributed by atoms with Gasteiger partial charge < -0.3 is 4.74 Å². The predicted molar refractivity (Wildman–Crippen MR) is 109 cm³/mol. The zero-order valence-corrected chi connectivity index (χ0v) is 17.1. The Labute approximate surface area is 167 Å². The Morgan fingerprint density at radius 2 is 1.82 bits per heavy atom. The van der Waals surface area contributed by atoms with Crippen LogP contribution < -0.4 is 15.6 Å². The first-order chi connectivity index (χ1) is 13.4. The largest absolute Gasteiger partial charge is 0.497 e. The van der Waals surface area contributed by atoms with Gasteiger partial charge in [-0.3, -0.25) is 20.4 Å². The number of hydrogen-bond donors (Lipinski definition) is 2. The summed E-state index contributed by atoms with van der Waals surface area (Å²) in [6.45, 7) is 5.78. The topological polar surface area (TPSA) is 93.2 Å². The molecule has 0 saturated heterocycles. The predicted octanol–water partition coefficient (Wildman–Crippen LogP) is 2.88. The standard InChI is InChI=1S/C20H22N4O3S/c1-5-15-21-12(3)17-11(2)18(28-20(17)22-15)19(26)24-23-16(25)10-13-6-8-14(27-4)9-7-13/h6-9H,5,10H2,1-4H3,(H,23,25)(H,24,26). The minimum absolute atomic E-state index is 0.153. The highest BCUT2D eigenvalue weighted by molar-refractivity contribution is 7.20. The number of aryl methyl sites for hydroxylation is 3. The van der Waals surface area contributed by atoms with Crippen molar-refractivity contribution in [2.24, 2.45) is 0 Å². The van der Waals surface area contributed by atoms with Gasteiger partial charge in [0, 0.05) is 17.5 Å². The summed E-state index contributed by atoms with van der Waals surface area (Å²) in [5.41, 5.74) is 7.46. The first-order valence-corrected chi connectivity index (χ1v) is 9.73. The van der Waals surface area contributed by atoms with E-state index in [0.29, 0.717) is 4.88 Å². The summed E-state index contributed by atoms with van der Waals surface area (Å²) in [6, 6.07) is 7.19. The molecule has 1 aromatic carbocycles. The molecule has 0 saturated carbocycles. The number of carbonyl (C=O) groups is 2. The van der Waals surface area contributed by atoms with E-state index in [0.717, 1.165) is 45.0 Å². The molecule has 0 unspecified atom stereocenters. The van der Waals surface area contributed by atoms with Crippen LogP contribution in [0.5, 0.6) is 5.75 Å². The third kappa shape index (κ3) is 4.12. The Morgan fingerprint density at radius 3 is 2.46 bits per heavy atom. The molecule has 0 aliphatic carbocycles. The minimum Gasteiger partial charge on any atom is -0.497 e. The molecule has 0 radical (unpaired) electrons. The van der Waals surface area contributed by atoms with Crippen molar-refractivity contribution in [2.75, 3.05) is 7.11 Å². The molecule has 0 aliphatic rings. The number of methoxy groups -OCH3 is 1. The van der Waals surface area contributed by atoms with E-state index in [1.54, 1.807) is 19.2 Å². The number of nitrogens with one attached hydrogen (secondary N) is 2. The third-order valence-electron chi connectivity index (χ3n) is 4.38. The number of thiophene rings is 1. The van der Waals surface area contributed by atoms with Crippen molar-refractivity contribution in [3.05, 3.63) is 51.8 Å². The van der Waals surface area contributed by atoms with Gasteiger partial charge in [0.1, 0.15) is 16.4 Å². The zero-order valence-electron chi connectivity index (χ0n) is 16.3. The highest BCUT2D eigenvalue weighted by Gasteiger charge is 2.19. The number of hydrazine groups is 1. The second-order valence-corrected chi connectivity index (χ2v) is 7.34. The van der Waals surface area contributed by atoms with Crippen LogP contribution in [0, 0.1) is 13.8 Å². The molecule has 0 atom stereocenters. The molecular formula is C20H22N4O3S. The van der Waals surface area contributed by atoms with Crippen molar-refractivity contribution in [1.29, 1.82) is 0 Å². The quantitative estimate of drug-likeness (QED) is 0.645. The molecule has 8 heteroatoms. The molecule has 28 heavy (non-hydrogen) atoms. The van der Waals surface area contributed by atoms with Crippen molar-refractivity contribution in [3.8, 4) is 5.75 Å². The van der Waals surface area contributed by atoms with Crippen molar-refractivity contribution >= 4 is 33.4 Å². The van der Waals surface area contributed by atoms with Gasteiger partial charge in [-0.1, -0.05) is 19.1 Å². The highest BCUT2D eigenvalue weighted by Crippen LogP contribution is 2.31. The van der Waals surface area contributed by atoms with E-state index < -0.39 is 0 Å². The van der Waals surface area contributed by atoms with Gasteiger partial charge in [0.25, 0.3) is 5.91 Å². The molecule has 0 aliphatic heterocycles. The maximum atomic E-state index is 12.6. The number of fused-ring (bicyclic) bond motifs is 1. The Bertz CT molecular complexity index is 1030. The van der Waals surface area contributed by atoms with Crippen LogP contribution in [-0.4, -0.2) is 28.9 Å². The monoisotopic (exact) mass is 398 g/mol. The smallest absolute Gasteiger partial charge is 0.280 e. The van der Waals surface area contributed by atoms with Crippen LogP contribution in [0.15, 0.2) is 24.3 Å². The van der Waals surface area contributed by atoms with Crippen molar-refractivity contribution < 1.29 is 14.3 Å². The first-order valence-electron chi connectivity index (χ1n) is 8.91. The maximum absolute atomic E-state index is 12.6. The number of nitrogens with zero attached hydrogens (tertiary/aromatic N) is 2. The average Bonchev–Trinajstić information content (AvgIpc) is 3.03. The van der Waals surface area contributed by atoms with E-state index in [2.05, 4.69) is 20.8 Å². The van der Waals surface area contributed by atoms with Crippen molar-refractivity contribution in [2.45, 2.75) is 33.6 Å². The lowest BCUT2D eigenvalue weighted by Crippen LogP contribution is -2.42. The van der Waals surface area contributed by atoms with Crippen LogP contribution in [0.2, 0.25) is 0 Å². The summed E-state index contributed by atoms with van der Waals surface area (Å²) in [4.78, 5) is 35.0. The molecule has 2 N–H and O–H groups in total. The highest BCUT2D eigenvalue weighted by atomic mass is 32.1. The Kier molecular flexibility index (Phi) is 5.89. The van der Waals surface area contributed by atoms with Crippen LogP contribution in [0.4, 0.5) is 0 Å². The SMILES string of the molecule is CCc1nc(C)c2c(C)c(C(=O)NNC(=O)Cc3ccc(OC)cc3)sc2n1. The molecule has 2 aromatic heterocycles. The molecule has 0 spiro atoms. The lowest BCUT2D eigenvalue weighted by molar-refractivity contribution is -0.121. The number of carbonyl (C=O) groups excluding carboxylic acids is 2. The van der Waals surface area contributed by atoms with E-state index in [1.807, 2.05) is 32.9 Å². The number of hydrogen-bond acceptors (Lipinski definition) is 6. The first kappa shape index (κ1) is 19.8.